The monoisotopic (exact) mass is 491 g/mol. The van der Waals surface area contributed by atoms with Crippen LogP contribution in [0.5, 0.6) is 11.5 Å². The third kappa shape index (κ3) is 4.29. The SMILES string of the molecule is CC(NS(=O)(=O)C(F)(F)F)c1cccc(Oc2ccc3c(c2)S(=O)(=O)NC2CCCN32)c1. The minimum absolute atomic E-state index is 0.0793. The van der Waals surface area contributed by atoms with Crippen LogP contribution in [0.25, 0.3) is 0 Å². The molecule has 0 spiro atoms. The number of fused-ring (bicyclic) bond motifs is 3. The van der Waals surface area contributed by atoms with Crippen LogP contribution in [0.4, 0.5) is 18.9 Å². The molecule has 1 saturated heterocycles. The average Bonchev–Trinajstić information content (AvgIpc) is 3.14. The van der Waals surface area contributed by atoms with Gasteiger partial charge in [-0.15, -0.1) is 0 Å². The molecule has 0 saturated carbocycles. The largest absolute Gasteiger partial charge is 0.511 e. The molecule has 2 N–H and O–H groups in total. The van der Waals surface area contributed by atoms with Crippen molar-refractivity contribution in [3.63, 3.8) is 0 Å². The number of nitrogens with zero attached hydrogens (tertiary/aromatic N) is 1. The Morgan fingerprint density at radius 2 is 1.91 bits per heavy atom. The summed E-state index contributed by atoms with van der Waals surface area (Å²) in [5.41, 5.74) is -4.60. The van der Waals surface area contributed by atoms with Gasteiger partial charge in [-0.05, 0) is 49.6 Å². The van der Waals surface area contributed by atoms with Crippen molar-refractivity contribution < 1.29 is 34.7 Å². The molecular weight excluding hydrogens is 471 g/mol. The number of anilines is 1. The van der Waals surface area contributed by atoms with E-state index in [1.165, 1.54) is 37.3 Å². The number of nitrogens with one attached hydrogen (secondary N) is 2. The molecular formula is C19H20F3N3O5S2. The number of ether oxygens (including phenoxy) is 1. The Morgan fingerprint density at radius 3 is 2.62 bits per heavy atom. The summed E-state index contributed by atoms with van der Waals surface area (Å²) >= 11 is 0. The molecule has 0 aromatic heterocycles. The topological polar surface area (TPSA) is 105 Å². The van der Waals surface area contributed by atoms with Crippen molar-refractivity contribution in [3.8, 4) is 11.5 Å². The number of hydrogen-bond acceptors (Lipinski definition) is 6. The fourth-order valence-electron chi connectivity index (χ4n) is 3.78. The van der Waals surface area contributed by atoms with Gasteiger partial charge in [0.15, 0.2) is 0 Å². The van der Waals surface area contributed by atoms with Crippen molar-refractivity contribution in [2.24, 2.45) is 0 Å². The quantitative estimate of drug-likeness (QED) is 0.666. The molecule has 4 rings (SSSR count). The minimum Gasteiger partial charge on any atom is -0.457 e. The molecule has 1 fully saturated rings. The normalized spacial score (nSPS) is 21.0. The summed E-state index contributed by atoms with van der Waals surface area (Å²) in [6, 6.07) is 9.33. The van der Waals surface area contributed by atoms with E-state index in [0.717, 1.165) is 19.4 Å². The van der Waals surface area contributed by atoms with E-state index in [9.17, 15) is 30.0 Å². The summed E-state index contributed by atoms with van der Waals surface area (Å²) < 4.78 is 95.8. The summed E-state index contributed by atoms with van der Waals surface area (Å²) in [7, 11) is -9.24. The minimum atomic E-state index is -5.52. The first-order valence-corrected chi connectivity index (χ1v) is 12.6. The molecule has 32 heavy (non-hydrogen) atoms. The third-order valence-electron chi connectivity index (χ3n) is 5.30. The van der Waals surface area contributed by atoms with Gasteiger partial charge >= 0.3 is 15.5 Å². The maximum atomic E-state index is 12.6. The van der Waals surface area contributed by atoms with Crippen LogP contribution in [-0.4, -0.2) is 35.1 Å². The van der Waals surface area contributed by atoms with Crippen molar-refractivity contribution in [2.75, 3.05) is 11.4 Å². The van der Waals surface area contributed by atoms with Crippen LogP contribution in [0.15, 0.2) is 47.4 Å². The summed E-state index contributed by atoms with van der Waals surface area (Å²) in [4.78, 5) is 2.06. The lowest BCUT2D eigenvalue weighted by atomic mass is 10.1. The van der Waals surface area contributed by atoms with E-state index in [1.807, 2.05) is 4.90 Å². The first-order valence-electron chi connectivity index (χ1n) is 9.67. The molecule has 2 heterocycles. The van der Waals surface area contributed by atoms with Gasteiger partial charge in [-0.25, -0.2) is 21.6 Å². The van der Waals surface area contributed by atoms with E-state index in [4.69, 9.17) is 4.74 Å². The average molecular weight is 492 g/mol. The lowest BCUT2D eigenvalue weighted by Gasteiger charge is -2.33. The van der Waals surface area contributed by atoms with Gasteiger partial charge in [0.25, 0.3) is 0 Å². The molecule has 0 aliphatic carbocycles. The van der Waals surface area contributed by atoms with Gasteiger partial charge in [-0.2, -0.15) is 17.9 Å². The second-order valence-corrected chi connectivity index (χ2v) is 11.0. The first-order chi connectivity index (χ1) is 14.9. The highest BCUT2D eigenvalue weighted by Crippen LogP contribution is 2.38. The lowest BCUT2D eigenvalue weighted by molar-refractivity contribution is -0.0450. The first kappa shape index (κ1) is 22.8. The van der Waals surface area contributed by atoms with Gasteiger partial charge in [0.2, 0.25) is 10.0 Å². The molecule has 8 nitrogen and oxygen atoms in total. The zero-order valence-electron chi connectivity index (χ0n) is 16.8. The molecule has 2 aliphatic heterocycles. The number of alkyl halides is 3. The van der Waals surface area contributed by atoms with Gasteiger partial charge in [0.1, 0.15) is 16.4 Å². The number of sulfonamides is 2. The van der Waals surface area contributed by atoms with Gasteiger partial charge in [-0.3, -0.25) is 0 Å². The highest BCUT2D eigenvalue weighted by atomic mass is 32.2. The summed E-state index contributed by atoms with van der Waals surface area (Å²) in [6.07, 6.45) is 1.33. The van der Waals surface area contributed by atoms with Crippen molar-refractivity contribution in [3.05, 3.63) is 48.0 Å². The second kappa shape index (κ2) is 7.90. The third-order valence-corrected chi connectivity index (χ3v) is 8.07. The van der Waals surface area contributed by atoms with E-state index in [1.54, 1.807) is 16.9 Å². The zero-order valence-corrected chi connectivity index (χ0v) is 18.4. The number of rotatable bonds is 5. The van der Waals surface area contributed by atoms with Gasteiger partial charge < -0.3 is 9.64 Å². The molecule has 0 bridgehead atoms. The Labute approximate surface area is 183 Å². The maximum Gasteiger partial charge on any atom is 0.511 e. The molecule has 2 aliphatic rings. The van der Waals surface area contributed by atoms with E-state index >= 15 is 0 Å². The van der Waals surface area contributed by atoms with E-state index in [-0.39, 0.29) is 28.1 Å². The van der Waals surface area contributed by atoms with Crippen LogP contribution in [0.3, 0.4) is 0 Å². The van der Waals surface area contributed by atoms with Crippen LogP contribution < -0.4 is 19.1 Å². The van der Waals surface area contributed by atoms with Crippen molar-refractivity contribution in [2.45, 2.75) is 42.4 Å². The number of hydrogen-bond donors (Lipinski definition) is 2. The molecule has 13 heteroatoms. The Bertz CT molecular complexity index is 1250. The molecule has 174 valence electrons. The van der Waals surface area contributed by atoms with Crippen LogP contribution in [0, 0.1) is 0 Å². The van der Waals surface area contributed by atoms with E-state index < -0.39 is 31.6 Å². The Hall–Kier alpha value is -2.35. The molecule has 0 radical (unpaired) electrons. The van der Waals surface area contributed by atoms with Gasteiger partial charge in [0, 0.05) is 18.7 Å². The molecule has 2 aromatic carbocycles. The summed E-state index contributed by atoms with van der Waals surface area (Å²) in [5.74, 6) is 0.424. The fourth-order valence-corrected chi connectivity index (χ4v) is 5.98. The highest BCUT2D eigenvalue weighted by Gasteiger charge is 2.46. The lowest BCUT2D eigenvalue weighted by Crippen LogP contribution is -2.48. The maximum absolute atomic E-state index is 12.6. The van der Waals surface area contributed by atoms with Gasteiger partial charge in [-0.1, -0.05) is 12.1 Å². The number of benzene rings is 2. The van der Waals surface area contributed by atoms with Crippen molar-refractivity contribution in [1.29, 1.82) is 0 Å². The second-order valence-electron chi connectivity index (χ2n) is 7.57. The van der Waals surface area contributed by atoms with Gasteiger partial charge in [0.05, 0.1) is 11.9 Å². The summed E-state index contributed by atoms with van der Waals surface area (Å²) in [6.45, 7) is 2.00. The van der Waals surface area contributed by atoms with Crippen molar-refractivity contribution in [1.82, 2.24) is 9.44 Å². The molecule has 2 unspecified atom stereocenters. The van der Waals surface area contributed by atoms with Crippen LogP contribution in [0.2, 0.25) is 0 Å². The highest BCUT2D eigenvalue weighted by molar-refractivity contribution is 7.90. The van der Waals surface area contributed by atoms with Crippen LogP contribution in [0.1, 0.15) is 31.4 Å². The Balaban J connectivity index is 1.57. The molecule has 2 aromatic rings. The fraction of sp³-hybridized carbons (Fsp3) is 0.368. The smallest absolute Gasteiger partial charge is 0.457 e. The zero-order chi connectivity index (χ0) is 23.3. The Morgan fingerprint density at radius 1 is 1.19 bits per heavy atom. The predicted octanol–water partition coefficient (Wildman–Crippen LogP) is 3.20. The van der Waals surface area contributed by atoms with Crippen molar-refractivity contribution >= 4 is 25.7 Å². The van der Waals surface area contributed by atoms with Crippen LogP contribution in [-0.2, 0) is 20.0 Å². The van der Waals surface area contributed by atoms with E-state index in [2.05, 4.69) is 4.72 Å². The van der Waals surface area contributed by atoms with E-state index in [0.29, 0.717) is 5.69 Å². The summed E-state index contributed by atoms with van der Waals surface area (Å²) in [5, 5.41) is 0. The number of halogens is 3. The van der Waals surface area contributed by atoms with Crippen LogP contribution >= 0.6 is 0 Å². The standard InChI is InChI=1S/C19H20F3N3O5S2/c1-12(23-32(28,29)19(20,21)22)13-4-2-5-14(10-13)30-15-7-8-16-17(11-15)31(26,27)24-18-6-3-9-25(16)18/h2,4-5,7-8,10-12,18,23-24H,3,6,9H2,1H3. The molecule has 2 atom stereocenters. The predicted molar refractivity (Wildman–Crippen MR) is 110 cm³/mol. The molecule has 0 amide bonds. The Kier molecular flexibility index (Phi) is 5.64.